The molecule has 1 aromatic carbocycles. The summed E-state index contributed by atoms with van der Waals surface area (Å²) in [6.45, 7) is 6.93. The lowest BCUT2D eigenvalue weighted by Gasteiger charge is -2.35. The van der Waals surface area contributed by atoms with Crippen molar-refractivity contribution in [3.63, 3.8) is 0 Å². The predicted octanol–water partition coefficient (Wildman–Crippen LogP) is 2.30. The van der Waals surface area contributed by atoms with Crippen LogP contribution < -0.4 is 4.90 Å². The molecule has 2 aromatic rings. The zero-order valence-electron chi connectivity index (χ0n) is 17.2. The van der Waals surface area contributed by atoms with Crippen LogP contribution in [-0.4, -0.2) is 72.1 Å². The molecule has 0 bridgehead atoms. The van der Waals surface area contributed by atoms with Gasteiger partial charge in [-0.1, -0.05) is 18.5 Å². The van der Waals surface area contributed by atoms with E-state index in [4.69, 9.17) is 11.6 Å². The predicted molar refractivity (Wildman–Crippen MR) is 115 cm³/mol. The SMILES string of the molecule is CCCn1cc(C(=O)N2C[C@@H]2C)c(S(=O)(=O)N2CCN(c3ccc(Cl)cc3)CC2)n1. The van der Waals surface area contributed by atoms with Crippen molar-refractivity contribution in [2.24, 2.45) is 0 Å². The molecule has 3 heterocycles. The highest BCUT2D eigenvalue weighted by Crippen LogP contribution is 2.27. The molecule has 1 amide bonds. The number of benzene rings is 1. The van der Waals surface area contributed by atoms with Crippen molar-refractivity contribution in [2.75, 3.05) is 37.6 Å². The van der Waals surface area contributed by atoms with E-state index in [1.54, 1.807) is 15.8 Å². The third-order valence-electron chi connectivity index (χ3n) is 5.55. The number of rotatable bonds is 6. The molecular weight excluding hydrogens is 426 g/mol. The molecule has 0 spiro atoms. The van der Waals surface area contributed by atoms with E-state index in [1.165, 1.54) is 4.31 Å². The molecular formula is C20H26ClN5O3S. The third kappa shape index (κ3) is 4.06. The van der Waals surface area contributed by atoms with Crippen molar-refractivity contribution in [1.29, 1.82) is 0 Å². The first-order chi connectivity index (χ1) is 14.3. The molecule has 0 radical (unpaired) electrons. The van der Waals surface area contributed by atoms with Crippen molar-refractivity contribution >= 4 is 33.2 Å². The van der Waals surface area contributed by atoms with E-state index in [0.29, 0.717) is 44.3 Å². The van der Waals surface area contributed by atoms with Crippen molar-refractivity contribution in [1.82, 2.24) is 19.0 Å². The Hall–Kier alpha value is -2.10. The summed E-state index contributed by atoms with van der Waals surface area (Å²) in [5, 5.41) is 4.84. The van der Waals surface area contributed by atoms with Gasteiger partial charge < -0.3 is 9.80 Å². The number of aromatic nitrogens is 2. The van der Waals surface area contributed by atoms with Gasteiger partial charge in [0, 0.05) is 62.2 Å². The highest BCUT2D eigenvalue weighted by molar-refractivity contribution is 7.89. The Morgan fingerprint density at radius 2 is 1.80 bits per heavy atom. The molecule has 4 rings (SSSR count). The fourth-order valence-corrected chi connectivity index (χ4v) is 5.36. The average molecular weight is 452 g/mol. The molecule has 1 aromatic heterocycles. The van der Waals surface area contributed by atoms with Crippen molar-refractivity contribution in [2.45, 2.75) is 37.9 Å². The number of aryl methyl sites for hydroxylation is 1. The molecule has 2 aliphatic heterocycles. The average Bonchev–Trinajstić information content (AvgIpc) is 3.31. The first kappa shape index (κ1) is 21.1. The van der Waals surface area contributed by atoms with Crippen LogP contribution >= 0.6 is 11.6 Å². The molecule has 1 atom stereocenters. The zero-order valence-corrected chi connectivity index (χ0v) is 18.7. The van der Waals surface area contributed by atoms with E-state index in [-0.39, 0.29) is 22.5 Å². The summed E-state index contributed by atoms with van der Waals surface area (Å²) in [5.41, 5.74) is 1.18. The second-order valence-electron chi connectivity index (χ2n) is 7.79. The van der Waals surface area contributed by atoms with Crippen LogP contribution in [-0.2, 0) is 16.6 Å². The lowest BCUT2D eigenvalue weighted by molar-refractivity contribution is 0.0872. The zero-order chi connectivity index (χ0) is 21.5. The molecule has 10 heteroatoms. The number of sulfonamides is 1. The molecule has 2 aliphatic rings. The number of halogens is 1. The maximum absolute atomic E-state index is 13.4. The van der Waals surface area contributed by atoms with Crippen LogP contribution in [0.15, 0.2) is 35.5 Å². The third-order valence-corrected chi connectivity index (χ3v) is 7.63. The van der Waals surface area contributed by atoms with Crippen LogP contribution in [0.3, 0.4) is 0 Å². The van der Waals surface area contributed by atoms with E-state index in [9.17, 15) is 13.2 Å². The Kier molecular flexibility index (Phi) is 5.78. The Bertz CT molecular complexity index is 1030. The van der Waals surface area contributed by atoms with Crippen LogP contribution in [0, 0.1) is 0 Å². The van der Waals surface area contributed by atoms with Gasteiger partial charge in [0.05, 0.1) is 5.56 Å². The lowest BCUT2D eigenvalue weighted by atomic mass is 10.2. The van der Waals surface area contributed by atoms with Crippen molar-refractivity contribution in [3.05, 3.63) is 41.0 Å². The number of hydrogen-bond donors (Lipinski definition) is 0. The van der Waals surface area contributed by atoms with Crippen molar-refractivity contribution in [3.8, 4) is 0 Å². The minimum absolute atomic E-state index is 0.125. The summed E-state index contributed by atoms with van der Waals surface area (Å²) in [6, 6.07) is 7.66. The lowest BCUT2D eigenvalue weighted by Crippen LogP contribution is -2.49. The van der Waals surface area contributed by atoms with Crippen LogP contribution in [0.2, 0.25) is 5.02 Å². The molecule has 30 heavy (non-hydrogen) atoms. The molecule has 0 saturated carbocycles. The fraction of sp³-hybridized carbons (Fsp3) is 0.500. The summed E-state index contributed by atoms with van der Waals surface area (Å²) in [7, 11) is -3.86. The molecule has 8 nitrogen and oxygen atoms in total. The summed E-state index contributed by atoms with van der Waals surface area (Å²) in [5.74, 6) is -0.261. The van der Waals surface area contributed by atoms with Gasteiger partial charge in [0.15, 0.2) is 0 Å². The first-order valence-electron chi connectivity index (χ1n) is 10.2. The summed E-state index contributed by atoms with van der Waals surface area (Å²) in [6.07, 6.45) is 2.38. The van der Waals surface area contributed by atoms with Crippen LogP contribution in [0.5, 0.6) is 0 Å². The molecule has 162 valence electrons. The molecule has 0 N–H and O–H groups in total. The van der Waals surface area contributed by atoms with Gasteiger partial charge in [0.1, 0.15) is 0 Å². The van der Waals surface area contributed by atoms with Crippen LogP contribution in [0.4, 0.5) is 5.69 Å². The van der Waals surface area contributed by atoms with Gasteiger partial charge in [-0.3, -0.25) is 9.48 Å². The second kappa shape index (κ2) is 8.20. The largest absolute Gasteiger partial charge is 0.369 e. The van der Waals surface area contributed by atoms with Gasteiger partial charge >= 0.3 is 0 Å². The quantitative estimate of drug-likeness (QED) is 0.630. The highest BCUT2D eigenvalue weighted by atomic mass is 35.5. The smallest absolute Gasteiger partial charge is 0.263 e. The number of nitrogens with zero attached hydrogens (tertiary/aromatic N) is 5. The number of anilines is 1. The van der Waals surface area contributed by atoms with E-state index in [2.05, 4.69) is 10.00 Å². The fourth-order valence-electron chi connectivity index (χ4n) is 3.72. The van der Waals surface area contributed by atoms with Gasteiger partial charge in [-0.2, -0.15) is 9.40 Å². The summed E-state index contributed by atoms with van der Waals surface area (Å²) >= 11 is 5.96. The normalized spacial score (nSPS) is 19.9. The number of carbonyl (C=O) groups excluding carboxylic acids is 1. The number of carbonyl (C=O) groups is 1. The van der Waals surface area contributed by atoms with Gasteiger partial charge in [-0.15, -0.1) is 0 Å². The summed E-state index contributed by atoms with van der Waals surface area (Å²) in [4.78, 5) is 16.6. The maximum Gasteiger partial charge on any atom is 0.263 e. The first-order valence-corrected chi connectivity index (χ1v) is 12.0. The Morgan fingerprint density at radius 3 is 2.37 bits per heavy atom. The Labute approximate surface area is 182 Å². The second-order valence-corrected chi connectivity index (χ2v) is 10.1. The highest BCUT2D eigenvalue weighted by Gasteiger charge is 2.40. The Balaban J connectivity index is 1.55. The Morgan fingerprint density at radius 1 is 1.17 bits per heavy atom. The molecule has 0 aliphatic carbocycles. The standard InChI is InChI=1S/C20H26ClN5O3S/c1-3-8-24-14-18(20(27)26-13-15(26)2)19(22-24)30(28,29)25-11-9-23(10-12-25)17-6-4-16(21)5-7-17/h4-7,14-15H,3,8-13H2,1-2H3/t15-,26?/m0/s1. The minimum atomic E-state index is -3.86. The number of amides is 1. The molecule has 2 saturated heterocycles. The number of piperazine rings is 1. The van der Waals surface area contributed by atoms with Gasteiger partial charge in [0.25, 0.3) is 15.9 Å². The van der Waals surface area contributed by atoms with E-state index in [1.807, 2.05) is 38.1 Å². The van der Waals surface area contributed by atoms with Crippen LogP contribution in [0.25, 0.3) is 0 Å². The van der Waals surface area contributed by atoms with E-state index < -0.39 is 10.0 Å². The monoisotopic (exact) mass is 451 g/mol. The number of hydrogen-bond acceptors (Lipinski definition) is 5. The summed E-state index contributed by atoms with van der Waals surface area (Å²) < 4.78 is 29.8. The maximum atomic E-state index is 13.4. The van der Waals surface area contributed by atoms with Crippen molar-refractivity contribution < 1.29 is 13.2 Å². The van der Waals surface area contributed by atoms with E-state index >= 15 is 0 Å². The minimum Gasteiger partial charge on any atom is -0.369 e. The molecule has 0 unspecified atom stereocenters. The molecule has 2 fully saturated rings. The topological polar surface area (TPSA) is 78.5 Å². The van der Waals surface area contributed by atoms with Gasteiger partial charge in [0.2, 0.25) is 5.03 Å². The van der Waals surface area contributed by atoms with Crippen LogP contribution in [0.1, 0.15) is 30.6 Å². The van der Waals surface area contributed by atoms with Gasteiger partial charge in [-0.05, 0) is 37.6 Å². The van der Waals surface area contributed by atoms with E-state index in [0.717, 1.165) is 12.1 Å². The van der Waals surface area contributed by atoms with Gasteiger partial charge in [-0.25, -0.2) is 8.42 Å².